The summed E-state index contributed by atoms with van der Waals surface area (Å²) < 4.78 is 18.4. The number of benzene rings is 2. The Morgan fingerprint density at radius 1 is 1.12 bits per heavy atom. The van der Waals surface area contributed by atoms with Crippen LogP contribution in [0, 0.1) is 12.7 Å². The Morgan fingerprint density at radius 3 is 2.41 bits per heavy atom. The molecule has 2 rings (SSSR count). The molecule has 0 heterocycles. The number of rotatable bonds is 3. The van der Waals surface area contributed by atoms with E-state index < -0.39 is 0 Å². The number of alkyl halides is 1. The van der Waals surface area contributed by atoms with Crippen molar-refractivity contribution in [3.05, 3.63) is 59.4 Å². The second kappa shape index (κ2) is 5.32. The van der Waals surface area contributed by atoms with Crippen LogP contribution in [0.3, 0.4) is 0 Å². The summed E-state index contributed by atoms with van der Waals surface area (Å²) in [4.78, 5) is 0. The van der Waals surface area contributed by atoms with E-state index in [1.807, 2.05) is 19.1 Å². The molecule has 0 bridgehead atoms. The van der Waals surface area contributed by atoms with Crippen LogP contribution in [0.2, 0.25) is 0 Å². The first-order valence-electron chi connectivity index (χ1n) is 5.28. The third kappa shape index (κ3) is 3.07. The Kier molecular flexibility index (Phi) is 3.79. The van der Waals surface area contributed by atoms with E-state index in [2.05, 4.69) is 22.0 Å². The summed E-state index contributed by atoms with van der Waals surface area (Å²) in [6.07, 6.45) is 0. The van der Waals surface area contributed by atoms with Crippen LogP contribution in [-0.2, 0) is 5.33 Å². The lowest BCUT2D eigenvalue weighted by Gasteiger charge is -2.09. The highest BCUT2D eigenvalue weighted by molar-refractivity contribution is 9.08. The maximum Gasteiger partial charge on any atom is 0.130 e. The van der Waals surface area contributed by atoms with Gasteiger partial charge in [-0.15, -0.1) is 0 Å². The minimum atomic E-state index is -0.260. The standard InChI is InChI=1S/C14H12BrFO/c1-10-8-11(9-15)2-7-14(10)17-13-5-3-12(16)4-6-13/h2-8H,9H2,1H3. The monoisotopic (exact) mass is 294 g/mol. The average Bonchev–Trinajstić information content (AvgIpc) is 2.34. The van der Waals surface area contributed by atoms with Gasteiger partial charge in [0.15, 0.2) is 0 Å². The van der Waals surface area contributed by atoms with Crippen molar-refractivity contribution in [1.29, 1.82) is 0 Å². The lowest BCUT2D eigenvalue weighted by Crippen LogP contribution is -1.89. The van der Waals surface area contributed by atoms with Gasteiger partial charge in [-0.3, -0.25) is 0 Å². The van der Waals surface area contributed by atoms with Crippen molar-refractivity contribution >= 4 is 15.9 Å². The predicted molar refractivity (Wildman–Crippen MR) is 70.3 cm³/mol. The van der Waals surface area contributed by atoms with Gasteiger partial charge in [-0.25, -0.2) is 4.39 Å². The summed E-state index contributed by atoms with van der Waals surface area (Å²) in [6.45, 7) is 1.99. The van der Waals surface area contributed by atoms with E-state index in [0.29, 0.717) is 5.75 Å². The van der Waals surface area contributed by atoms with Gasteiger partial charge in [0, 0.05) is 5.33 Å². The van der Waals surface area contributed by atoms with Crippen LogP contribution in [0.15, 0.2) is 42.5 Å². The van der Waals surface area contributed by atoms with Crippen molar-refractivity contribution in [2.75, 3.05) is 0 Å². The van der Waals surface area contributed by atoms with Crippen molar-refractivity contribution < 1.29 is 9.13 Å². The molecule has 0 N–H and O–H groups in total. The number of aryl methyl sites for hydroxylation is 1. The molecule has 0 unspecified atom stereocenters. The smallest absolute Gasteiger partial charge is 0.130 e. The molecule has 0 aliphatic carbocycles. The molecule has 88 valence electrons. The molecule has 0 radical (unpaired) electrons. The molecule has 3 heteroatoms. The second-order valence-electron chi connectivity index (χ2n) is 3.79. The highest BCUT2D eigenvalue weighted by Gasteiger charge is 2.02. The Hall–Kier alpha value is -1.35. The van der Waals surface area contributed by atoms with Gasteiger partial charge in [-0.2, -0.15) is 0 Å². The zero-order valence-electron chi connectivity index (χ0n) is 9.41. The summed E-state index contributed by atoms with van der Waals surface area (Å²) in [5.74, 6) is 1.17. The van der Waals surface area contributed by atoms with Crippen molar-refractivity contribution in [2.45, 2.75) is 12.3 Å². The van der Waals surface area contributed by atoms with Crippen LogP contribution in [0.25, 0.3) is 0 Å². The maximum atomic E-state index is 12.7. The molecule has 0 saturated heterocycles. The van der Waals surface area contributed by atoms with Crippen molar-refractivity contribution in [3.63, 3.8) is 0 Å². The largest absolute Gasteiger partial charge is 0.457 e. The van der Waals surface area contributed by atoms with Gasteiger partial charge in [-0.05, 0) is 48.4 Å². The zero-order valence-corrected chi connectivity index (χ0v) is 11.0. The summed E-state index contributed by atoms with van der Waals surface area (Å²) >= 11 is 3.41. The maximum absolute atomic E-state index is 12.7. The molecule has 1 nitrogen and oxygen atoms in total. The van der Waals surface area contributed by atoms with Crippen LogP contribution >= 0.6 is 15.9 Å². The number of halogens is 2. The molecule has 2 aromatic carbocycles. The van der Waals surface area contributed by atoms with E-state index in [0.717, 1.165) is 16.6 Å². The van der Waals surface area contributed by atoms with E-state index in [9.17, 15) is 4.39 Å². The predicted octanol–water partition coefficient (Wildman–Crippen LogP) is 4.82. The SMILES string of the molecule is Cc1cc(CBr)ccc1Oc1ccc(F)cc1. The molecule has 0 fully saturated rings. The number of ether oxygens (including phenoxy) is 1. The van der Waals surface area contributed by atoms with Gasteiger partial charge in [0.25, 0.3) is 0 Å². The van der Waals surface area contributed by atoms with E-state index in [1.165, 1.54) is 17.7 Å². The van der Waals surface area contributed by atoms with Crippen LogP contribution in [0.4, 0.5) is 4.39 Å². The fourth-order valence-electron chi connectivity index (χ4n) is 1.54. The minimum Gasteiger partial charge on any atom is -0.457 e. The summed E-state index contributed by atoms with van der Waals surface area (Å²) in [5, 5.41) is 0.824. The second-order valence-corrected chi connectivity index (χ2v) is 4.35. The van der Waals surface area contributed by atoms with E-state index >= 15 is 0 Å². The molecule has 0 amide bonds. The Bertz CT molecular complexity index is 508. The molecular formula is C14H12BrFO. The highest BCUT2D eigenvalue weighted by atomic mass is 79.9. The van der Waals surface area contributed by atoms with Crippen LogP contribution in [0.1, 0.15) is 11.1 Å². The molecule has 2 aromatic rings. The molecule has 0 atom stereocenters. The molecule has 17 heavy (non-hydrogen) atoms. The fourth-order valence-corrected chi connectivity index (χ4v) is 1.89. The quantitative estimate of drug-likeness (QED) is 0.737. The lowest BCUT2D eigenvalue weighted by molar-refractivity contribution is 0.477. The fraction of sp³-hybridized carbons (Fsp3) is 0.143. The van der Waals surface area contributed by atoms with E-state index in [4.69, 9.17) is 4.74 Å². The molecule has 0 saturated carbocycles. The van der Waals surface area contributed by atoms with Crippen molar-refractivity contribution in [2.24, 2.45) is 0 Å². The van der Waals surface area contributed by atoms with Crippen LogP contribution < -0.4 is 4.74 Å². The van der Waals surface area contributed by atoms with Gasteiger partial charge >= 0.3 is 0 Å². The Morgan fingerprint density at radius 2 is 1.82 bits per heavy atom. The third-order valence-corrected chi connectivity index (χ3v) is 3.08. The average molecular weight is 295 g/mol. The normalized spacial score (nSPS) is 10.3. The van der Waals surface area contributed by atoms with Crippen molar-refractivity contribution in [1.82, 2.24) is 0 Å². The van der Waals surface area contributed by atoms with Gasteiger partial charge in [0.05, 0.1) is 0 Å². The lowest BCUT2D eigenvalue weighted by atomic mass is 10.1. The zero-order chi connectivity index (χ0) is 12.3. The number of hydrogen-bond donors (Lipinski definition) is 0. The number of hydrogen-bond acceptors (Lipinski definition) is 1. The van der Waals surface area contributed by atoms with Gasteiger partial charge in [0.2, 0.25) is 0 Å². The van der Waals surface area contributed by atoms with Gasteiger partial charge in [-0.1, -0.05) is 28.1 Å². The van der Waals surface area contributed by atoms with Crippen molar-refractivity contribution in [3.8, 4) is 11.5 Å². The molecular weight excluding hydrogens is 283 g/mol. The summed E-state index contributed by atoms with van der Waals surface area (Å²) in [6, 6.07) is 12.0. The topological polar surface area (TPSA) is 9.23 Å². The van der Waals surface area contributed by atoms with Crippen LogP contribution in [-0.4, -0.2) is 0 Å². The molecule has 0 aromatic heterocycles. The first kappa shape index (κ1) is 12.1. The molecule has 0 aliphatic rings. The van der Waals surface area contributed by atoms with E-state index in [1.54, 1.807) is 12.1 Å². The van der Waals surface area contributed by atoms with Gasteiger partial charge in [0.1, 0.15) is 17.3 Å². The first-order chi connectivity index (χ1) is 8.19. The first-order valence-corrected chi connectivity index (χ1v) is 6.40. The molecule has 0 spiro atoms. The summed E-state index contributed by atoms with van der Waals surface area (Å²) in [7, 11) is 0. The minimum absolute atomic E-state index is 0.260. The van der Waals surface area contributed by atoms with E-state index in [-0.39, 0.29) is 5.82 Å². The third-order valence-electron chi connectivity index (χ3n) is 2.44. The Labute approximate surface area is 108 Å². The van der Waals surface area contributed by atoms with Crippen LogP contribution in [0.5, 0.6) is 11.5 Å². The summed E-state index contributed by atoms with van der Waals surface area (Å²) in [5.41, 5.74) is 2.26. The Balaban J connectivity index is 2.21. The molecule has 0 aliphatic heterocycles. The van der Waals surface area contributed by atoms with Gasteiger partial charge < -0.3 is 4.74 Å². The highest BCUT2D eigenvalue weighted by Crippen LogP contribution is 2.26.